The van der Waals surface area contributed by atoms with Gasteiger partial charge in [-0.1, -0.05) is 19.3 Å². The molecule has 0 amide bonds. The Labute approximate surface area is 98.2 Å². The van der Waals surface area contributed by atoms with Gasteiger partial charge in [-0.2, -0.15) is 5.10 Å². The summed E-state index contributed by atoms with van der Waals surface area (Å²) < 4.78 is 2.10. The molecule has 3 nitrogen and oxygen atoms in total. The van der Waals surface area contributed by atoms with Gasteiger partial charge in [-0.3, -0.25) is 4.68 Å². The predicted molar refractivity (Wildman–Crippen MR) is 66.7 cm³/mol. The molecule has 90 valence electrons. The van der Waals surface area contributed by atoms with Gasteiger partial charge in [0.05, 0.1) is 6.20 Å². The van der Waals surface area contributed by atoms with Gasteiger partial charge in [-0.05, 0) is 38.4 Å². The average Bonchev–Trinajstić information content (AvgIpc) is 2.69. The minimum Gasteiger partial charge on any atom is -0.319 e. The van der Waals surface area contributed by atoms with Crippen molar-refractivity contribution in [3.8, 4) is 0 Å². The second kappa shape index (κ2) is 5.48. The Hall–Kier alpha value is -0.830. The van der Waals surface area contributed by atoms with Gasteiger partial charge in [-0.25, -0.2) is 0 Å². The molecular formula is C13H23N3. The molecule has 0 spiro atoms. The smallest absolute Gasteiger partial charge is 0.0525 e. The van der Waals surface area contributed by atoms with E-state index in [-0.39, 0.29) is 0 Å². The summed E-state index contributed by atoms with van der Waals surface area (Å²) in [5.74, 6) is 0.758. The van der Waals surface area contributed by atoms with Crippen molar-refractivity contribution in [3.63, 3.8) is 0 Å². The van der Waals surface area contributed by atoms with E-state index >= 15 is 0 Å². The first-order chi connectivity index (χ1) is 7.83. The topological polar surface area (TPSA) is 29.9 Å². The molecule has 3 heteroatoms. The van der Waals surface area contributed by atoms with Gasteiger partial charge in [0.2, 0.25) is 0 Å². The molecule has 2 rings (SSSR count). The third-order valence-corrected chi connectivity index (χ3v) is 3.70. The van der Waals surface area contributed by atoms with Crippen LogP contribution in [0.15, 0.2) is 6.20 Å². The Morgan fingerprint density at radius 2 is 2.12 bits per heavy atom. The van der Waals surface area contributed by atoms with Crippen LogP contribution in [0.4, 0.5) is 0 Å². The Kier molecular flexibility index (Phi) is 3.99. The monoisotopic (exact) mass is 221 g/mol. The summed E-state index contributed by atoms with van der Waals surface area (Å²) in [7, 11) is 4.10. The Morgan fingerprint density at radius 3 is 2.81 bits per heavy atom. The van der Waals surface area contributed by atoms with Crippen molar-refractivity contribution in [2.75, 3.05) is 13.6 Å². The number of hydrogen-bond acceptors (Lipinski definition) is 2. The second-order valence-corrected chi connectivity index (χ2v) is 4.87. The molecule has 0 unspecified atom stereocenters. The summed E-state index contributed by atoms with van der Waals surface area (Å²) >= 11 is 0. The lowest BCUT2D eigenvalue weighted by atomic mass is 9.85. The van der Waals surface area contributed by atoms with Crippen molar-refractivity contribution in [1.29, 1.82) is 0 Å². The highest BCUT2D eigenvalue weighted by Gasteiger charge is 2.21. The van der Waals surface area contributed by atoms with Crippen LogP contribution in [0.2, 0.25) is 0 Å². The standard InChI is InChI=1S/C13H23N3/c1-14-9-8-12-10-15-16(2)13(12)11-6-4-3-5-7-11/h10-11,14H,3-9H2,1-2H3. The zero-order valence-electron chi connectivity index (χ0n) is 10.5. The fourth-order valence-corrected chi connectivity index (χ4v) is 2.85. The number of likely N-dealkylation sites (N-methyl/N-ethyl adjacent to an activating group) is 1. The summed E-state index contributed by atoms with van der Waals surface area (Å²) in [6.07, 6.45) is 10.1. The summed E-state index contributed by atoms with van der Waals surface area (Å²) in [6, 6.07) is 0. The first-order valence-corrected chi connectivity index (χ1v) is 6.48. The van der Waals surface area contributed by atoms with Gasteiger partial charge in [-0.15, -0.1) is 0 Å². The van der Waals surface area contributed by atoms with Crippen LogP contribution in [-0.2, 0) is 13.5 Å². The largest absolute Gasteiger partial charge is 0.319 e. The van der Waals surface area contributed by atoms with Crippen LogP contribution in [0.1, 0.15) is 49.3 Å². The fraction of sp³-hybridized carbons (Fsp3) is 0.769. The third kappa shape index (κ3) is 2.46. The van der Waals surface area contributed by atoms with Crippen LogP contribution in [0.25, 0.3) is 0 Å². The Bertz CT molecular complexity index is 324. The van der Waals surface area contributed by atoms with E-state index in [0.717, 1.165) is 18.9 Å². The van der Waals surface area contributed by atoms with Gasteiger partial charge in [0.15, 0.2) is 0 Å². The number of nitrogens with zero attached hydrogens (tertiary/aromatic N) is 2. The van der Waals surface area contributed by atoms with Gasteiger partial charge < -0.3 is 5.32 Å². The second-order valence-electron chi connectivity index (χ2n) is 4.87. The molecule has 1 fully saturated rings. The molecule has 1 aliphatic carbocycles. The lowest BCUT2D eigenvalue weighted by Crippen LogP contribution is -2.15. The Morgan fingerprint density at radius 1 is 1.38 bits per heavy atom. The zero-order chi connectivity index (χ0) is 11.4. The molecule has 1 aliphatic rings. The van der Waals surface area contributed by atoms with E-state index in [2.05, 4.69) is 28.3 Å². The molecule has 0 aliphatic heterocycles. The van der Waals surface area contributed by atoms with E-state index < -0.39 is 0 Å². The van der Waals surface area contributed by atoms with Gasteiger partial charge in [0.1, 0.15) is 0 Å². The lowest BCUT2D eigenvalue weighted by molar-refractivity contribution is 0.422. The highest BCUT2D eigenvalue weighted by atomic mass is 15.3. The van der Waals surface area contributed by atoms with Crippen LogP contribution >= 0.6 is 0 Å². The first kappa shape index (κ1) is 11.6. The minimum atomic E-state index is 0.758. The van der Waals surface area contributed by atoms with Crippen molar-refractivity contribution < 1.29 is 0 Å². The van der Waals surface area contributed by atoms with E-state index in [4.69, 9.17) is 0 Å². The van der Waals surface area contributed by atoms with E-state index in [9.17, 15) is 0 Å². The number of nitrogens with one attached hydrogen (secondary N) is 1. The van der Waals surface area contributed by atoms with Gasteiger partial charge in [0.25, 0.3) is 0 Å². The predicted octanol–water partition coefficient (Wildman–Crippen LogP) is 2.23. The number of hydrogen-bond donors (Lipinski definition) is 1. The normalized spacial score (nSPS) is 17.9. The highest BCUT2D eigenvalue weighted by molar-refractivity contribution is 5.22. The first-order valence-electron chi connectivity index (χ1n) is 6.48. The van der Waals surface area contributed by atoms with E-state index in [1.807, 2.05) is 7.05 Å². The highest BCUT2D eigenvalue weighted by Crippen LogP contribution is 2.34. The van der Waals surface area contributed by atoms with Gasteiger partial charge in [0, 0.05) is 18.7 Å². The molecule has 0 atom stereocenters. The van der Waals surface area contributed by atoms with Crippen LogP contribution < -0.4 is 5.32 Å². The molecule has 0 bridgehead atoms. The van der Waals surface area contributed by atoms with Crippen molar-refractivity contribution in [2.45, 2.75) is 44.4 Å². The molecule has 0 aromatic carbocycles. The molecule has 0 saturated heterocycles. The summed E-state index contributed by atoms with van der Waals surface area (Å²) in [5, 5.41) is 7.65. The van der Waals surface area contributed by atoms with Crippen LogP contribution in [0, 0.1) is 0 Å². The van der Waals surface area contributed by atoms with Crippen molar-refractivity contribution in [2.24, 2.45) is 7.05 Å². The fourth-order valence-electron chi connectivity index (χ4n) is 2.85. The average molecular weight is 221 g/mol. The van der Waals surface area contributed by atoms with E-state index in [0.29, 0.717) is 0 Å². The van der Waals surface area contributed by atoms with Crippen molar-refractivity contribution in [1.82, 2.24) is 15.1 Å². The van der Waals surface area contributed by atoms with Crippen molar-refractivity contribution >= 4 is 0 Å². The SMILES string of the molecule is CNCCc1cnn(C)c1C1CCCCC1. The molecule has 1 aromatic rings. The molecule has 1 aromatic heterocycles. The summed E-state index contributed by atoms with van der Waals surface area (Å²) in [6.45, 7) is 1.05. The molecular weight excluding hydrogens is 198 g/mol. The van der Waals surface area contributed by atoms with Crippen LogP contribution in [-0.4, -0.2) is 23.4 Å². The van der Waals surface area contributed by atoms with E-state index in [1.54, 1.807) is 0 Å². The molecule has 16 heavy (non-hydrogen) atoms. The lowest BCUT2D eigenvalue weighted by Gasteiger charge is -2.23. The quantitative estimate of drug-likeness (QED) is 0.845. The van der Waals surface area contributed by atoms with Crippen molar-refractivity contribution in [3.05, 3.63) is 17.5 Å². The zero-order valence-corrected chi connectivity index (χ0v) is 10.5. The summed E-state index contributed by atoms with van der Waals surface area (Å²) in [4.78, 5) is 0. The number of aromatic nitrogens is 2. The maximum absolute atomic E-state index is 4.43. The number of aryl methyl sites for hydroxylation is 1. The Balaban J connectivity index is 2.13. The minimum absolute atomic E-state index is 0.758. The van der Waals surface area contributed by atoms with Crippen LogP contribution in [0.5, 0.6) is 0 Å². The number of rotatable bonds is 4. The summed E-state index contributed by atoms with van der Waals surface area (Å²) in [5.41, 5.74) is 2.94. The maximum Gasteiger partial charge on any atom is 0.0525 e. The maximum atomic E-state index is 4.43. The molecule has 1 heterocycles. The molecule has 0 radical (unpaired) electrons. The van der Waals surface area contributed by atoms with Crippen LogP contribution in [0.3, 0.4) is 0 Å². The molecule has 1 N–H and O–H groups in total. The van der Waals surface area contributed by atoms with Gasteiger partial charge >= 0.3 is 0 Å². The third-order valence-electron chi connectivity index (χ3n) is 3.70. The molecule has 1 saturated carbocycles. The van der Waals surface area contributed by atoms with E-state index in [1.165, 1.54) is 43.4 Å².